The minimum absolute atomic E-state index is 0.0270. The Hall–Kier alpha value is -2.69. The first-order valence-corrected chi connectivity index (χ1v) is 6.64. The number of carbonyl (C=O) groups is 2. The lowest BCUT2D eigenvalue weighted by Gasteiger charge is -2.29. The maximum absolute atomic E-state index is 12.6. The van der Waals surface area contributed by atoms with Gasteiger partial charge in [0.05, 0.1) is 18.4 Å². The number of nitrogens with zero attached hydrogens (tertiary/aromatic N) is 2. The van der Waals surface area contributed by atoms with Crippen LogP contribution in [0.3, 0.4) is 0 Å². The Bertz CT molecular complexity index is 698. The fourth-order valence-electron chi connectivity index (χ4n) is 2.43. The molecular weight excluding hydrogens is 268 g/mol. The number of ether oxygens (including phenoxy) is 1. The SMILES string of the molecule is COc1ccc2c(c1)C(=O)CCN2C(=O)c1cccnc1. The summed E-state index contributed by atoms with van der Waals surface area (Å²) in [6.07, 6.45) is 3.46. The van der Waals surface area contributed by atoms with Gasteiger partial charge in [-0.05, 0) is 30.3 Å². The molecule has 0 aliphatic carbocycles. The van der Waals surface area contributed by atoms with Gasteiger partial charge >= 0.3 is 0 Å². The Balaban J connectivity index is 2.02. The van der Waals surface area contributed by atoms with Gasteiger partial charge in [-0.2, -0.15) is 0 Å². The molecule has 5 nitrogen and oxygen atoms in total. The third kappa shape index (κ3) is 2.38. The van der Waals surface area contributed by atoms with Crippen molar-refractivity contribution < 1.29 is 14.3 Å². The molecule has 0 unspecified atom stereocenters. The predicted octanol–water partition coefficient (Wildman–Crippen LogP) is 2.32. The van der Waals surface area contributed by atoms with Crippen LogP contribution < -0.4 is 9.64 Å². The number of benzene rings is 1. The van der Waals surface area contributed by atoms with E-state index in [0.717, 1.165) is 0 Å². The van der Waals surface area contributed by atoms with Crippen LogP contribution in [-0.4, -0.2) is 30.3 Å². The monoisotopic (exact) mass is 282 g/mol. The molecule has 3 rings (SSSR count). The first-order valence-electron chi connectivity index (χ1n) is 6.64. The van der Waals surface area contributed by atoms with Crippen molar-refractivity contribution in [1.82, 2.24) is 4.98 Å². The number of hydrogen-bond acceptors (Lipinski definition) is 4. The molecule has 1 aromatic carbocycles. The number of aromatic nitrogens is 1. The molecule has 5 heteroatoms. The zero-order chi connectivity index (χ0) is 14.8. The van der Waals surface area contributed by atoms with Gasteiger partial charge in [-0.15, -0.1) is 0 Å². The van der Waals surface area contributed by atoms with Gasteiger partial charge in [-0.3, -0.25) is 14.6 Å². The summed E-state index contributed by atoms with van der Waals surface area (Å²) >= 11 is 0. The lowest BCUT2D eigenvalue weighted by Crippen LogP contribution is -2.37. The molecule has 0 N–H and O–H groups in total. The van der Waals surface area contributed by atoms with Crippen LogP contribution in [0.5, 0.6) is 5.75 Å². The highest BCUT2D eigenvalue weighted by molar-refractivity contribution is 6.13. The van der Waals surface area contributed by atoms with Gasteiger partial charge in [0, 0.05) is 30.9 Å². The molecular formula is C16H14N2O3. The fourth-order valence-corrected chi connectivity index (χ4v) is 2.43. The summed E-state index contributed by atoms with van der Waals surface area (Å²) in [4.78, 5) is 30.2. The summed E-state index contributed by atoms with van der Waals surface area (Å²) in [6.45, 7) is 0.381. The van der Waals surface area contributed by atoms with Crippen LogP contribution in [0.4, 0.5) is 5.69 Å². The number of methoxy groups -OCH3 is 1. The van der Waals surface area contributed by atoms with E-state index in [1.54, 1.807) is 48.5 Å². The Labute approximate surface area is 122 Å². The average molecular weight is 282 g/mol. The summed E-state index contributed by atoms with van der Waals surface area (Å²) in [5.41, 5.74) is 1.66. The molecule has 0 atom stereocenters. The molecule has 2 aromatic rings. The smallest absolute Gasteiger partial charge is 0.259 e. The highest BCUT2D eigenvalue weighted by atomic mass is 16.5. The molecule has 0 saturated carbocycles. The fraction of sp³-hybridized carbons (Fsp3) is 0.188. The third-order valence-electron chi connectivity index (χ3n) is 3.51. The quantitative estimate of drug-likeness (QED) is 0.848. The van der Waals surface area contributed by atoms with Crippen molar-refractivity contribution in [3.8, 4) is 5.75 Å². The summed E-state index contributed by atoms with van der Waals surface area (Å²) in [6, 6.07) is 8.62. The summed E-state index contributed by atoms with van der Waals surface area (Å²) < 4.78 is 5.14. The van der Waals surface area contributed by atoms with Gasteiger partial charge in [-0.25, -0.2) is 0 Å². The van der Waals surface area contributed by atoms with Crippen molar-refractivity contribution >= 4 is 17.4 Å². The van der Waals surface area contributed by atoms with E-state index >= 15 is 0 Å². The van der Waals surface area contributed by atoms with Crippen molar-refractivity contribution in [2.45, 2.75) is 6.42 Å². The van der Waals surface area contributed by atoms with Crippen LogP contribution in [0.15, 0.2) is 42.7 Å². The minimum atomic E-state index is -0.151. The molecule has 0 radical (unpaired) electrons. The number of amides is 1. The van der Waals surface area contributed by atoms with Gasteiger partial charge in [0.25, 0.3) is 5.91 Å². The molecule has 1 aromatic heterocycles. The van der Waals surface area contributed by atoms with Crippen molar-refractivity contribution in [2.75, 3.05) is 18.6 Å². The standard InChI is InChI=1S/C16H14N2O3/c1-21-12-4-5-14-13(9-12)15(19)6-8-18(14)16(20)11-3-2-7-17-10-11/h2-5,7,9-10H,6,8H2,1H3. The predicted molar refractivity (Wildman–Crippen MR) is 77.9 cm³/mol. The zero-order valence-corrected chi connectivity index (χ0v) is 11.6. The van der Waals surface area contributed by atoms with Gasteiger partial charge in [0.1, 0.15) is 5.75 Å². The van der Waals surface area contributed by atoms with E-state index in [9.17, 15) is 9.59 Å². The number of fused-ring (bicyclic) bond motifs is 1. The maximum Gasteiger partial charge on any atom is 0.259 e. The molecule has 2 heterocycles. The van der Waals surface area contributed by atoms with Gasteiger partial charge in [0.15, 0.2) is 5.78 Å². The molecule has 21 heavy (non-hydrogen) atoms. The second-order valence-corrected chi connectivity index (χ2v) is 4.75. The van der Waals surface area contributed by atoms with Gasteiger partial charge in [0.2, 0.25) is 0 Å². The number of carbonyl (C=O) groups excluding carboxylic acids is 2. The van der Waals surface area contributed by atoms with Crippen LogP contribution in [0.25, 0.3) is 0 Å². The summed E-state index contributed by atoms with van der Waals surface area (Å²) in [7, 11) is 1.55. The minimum Gasteiger partial charge on any atom is -0.497 e. The van der Waals surface area contributed by atoms with E-state index in [1.807, 2.05) is 0 Å². The number of rotatable bonds is 2. The van der Waals surface area contributed by atoms with Gasteiger partial charge in [-0.1, -0.05) is 0 Å². The molecule has 1 aliphatic rings. The van der Waals surface area contributed by atoms with Crippen molar-refractivity contribution in [1.29, 1.82) is 0 Å². The second kappa shape index (κ2) is 5.36. The Morgan fingerprint density at radius 1 is 1.33 bits per heavy atom. The van der Waals surface area contributed by atoms with E-state index in [-0.39, 0.29) is 11.7 Å². The lowest BCUT2D eigenvalue weighted by molar-refractivity contribution is 0.0954. The molecule has 0 spiro atoms. The maximum atomic E-state index is 12.6. The Kier molecular flexibility index (Phi) is 3.39. The highest BCUT2D eigenvalue weighted by Crippen LogP contribution is 2.31. The Morgan fingerprint density at radius 2 is 2.19 bits per heavy atom. The van der Waals surface area contributed by atoms with Crippen LogP contribution in [0.2, 0.25) is 0 Å². The molecule has 106 valence electrons. The van der Waals surface area contributed by atoms with Crippen LogP contribution >= 0.6 is 0 Å². The van der Waals surface area contributed by atoms with E-state index in [4.69, 9.17) is 4.74 Å². The van der Waals surface area contributed by atoms with Crippen molar-refractivity contribution in [3.05, 3.63) is 53.9 Å². The summed E-state index contributed by atoms with van der Waals surface area (Å²) in [5.74, 6) is 0.485. The molecule has 1 amide bonds. The molecule has 0 saturated heterocycles. The largest absolute Gasteiger partial charge is 0.497 e. The van der Waals surface area contributed by atoms with Crippen LogP contribution in [0, 0.1) is 0 Å². The first-order chi connectivity index (χ1) is 10.2. The number of anilines is 1. The van der Waals surface area contributed by atoms with Gasteiger partial charge < -0.3 is 9.64 Å². The molecule has 0 bridgehead atoms. The Morgan fingerprint density at radius 3 is 2.90 bits per heavy atom. The third-order valence-corrected chi connectivity index (χ3v) is 3.51. The number of ketones is 1. The van der Waals surface area contributed by atoms with E-state index in [0.29, 0.717) is 35.5 Å². The summed E-state index contributed by atoms with van der Waals surface area (Å²) in [5, 5.41) is 0. The van der Waals surface area contributed by atoms with Crippen molar-refractivity contribution in [2.24, 2.45) is 0 Å². The van der Waals surface area contributed by atoms with E-state index in [2.05, 4.69) is 4.98 Å². The number of hydrogen-bond donors (Lipinski definition) is 0. The molecule has 1 aliphatic heterocycles. The van der Waals surface area contributed by atoms with E-state index in [1.165, 1.54) is 6.20 Å². The van der Waals surface area contributed by atoms with E-state index < -0.39 is 0 Å². The molecule has 0 fully saturated rings. The lowest BCUT2D eigenvalue weighted by atomic mass is 9.99. The van der Waals surface area contributed by atoms with Crippen LogP contribution in [0.1, 0.15) is 27.1 Å². The average Bonchev–Trinajstić information content (AvgIpc) is 2.55. The number of Topliss-reactive ketones (excluding diaryl/α,β-unsaturated/α-hetero) is 1. The number of pyridine rings is 1. The zero-order valence-electron chi connectivity index (χ0n) is 11.6. The normalized spacial score (nSPS) is 13.8. The van der Waals surface area contributed by atoms with Crippen molar-refractivity contribution in [3.63, 3.8) is 0 Å². The highest BCUT2D eigenvalue weighted by Gasteiger charge is 2.28. The first kappa shape index (κ1) is 13.3. The second-order valence-electron chi connectivity index (χ2n) is 4.75. The topological polar surface area (TPSA) is 59.5 Å². The van der Waals surface area contributed by atoms with Crippen LogP contribution in [-0.2, 0) is 0 Å².